The van der Waals surface area contributed by atoms with Crippen LogP contribution in [-0.4, -0.2) is 36.9 Å². The topological polar surface area (TPSA) is 75.1 Å². The average Bonchev–Trinajstić information content (AvgIpc) is 3.45. The molecule has 0 unspecified atom stereocenters. The van der Waals surface area contributed by atoms with Crippen LogP contribution in [0.3, 0.4) is 0 Å². The quantitative estimate of drug-likeness (QED) is 0.250. The summed E-state index contributed by atoms with van der Waals surface area (Å²) in [6.45, 7) is 5.10. The maximum absolute atomic E-state index is 11.9. The lowest BCUT2D eigenvalue weighted by atomic mass is 9.51. The predicted molar refractivity (Wildman–Crippen MR) is 141 cm³/mol. The number of benzene rings is 1. The Kier molecular flexibility index (Phi) is 5.89. The van der Waals surface area contributed by atoms with Gasteiger partial charge in [0.2, 0.25) is 6.79 Å². The maximum atomic E-state index is 11.9. The number of hydrazone groups is 1. The minimum Gasteiger partial charge on any atom is -0.454 e. The first-order chi connectivity index (χ1) is 17.5. The van der Waals surface area contributed by atoms with Gasteiger partial charge < -0.3 is 19.9 Å². The Morgan fingerprint density at radius 1 is 1.17 bits per heavy atom. The summed E-state index contributed by atoms with van der Waals surface area (Å²) in [6, 6.07) is 6.44. The number of ether oxygens (including phenoxy) is 2. The van der Waals surface area contributed by atoms with Gasteiger partial charge in [0.25, 0.3) is 0 Å². The summed E-state index contributed by atoms with van der Waals surface area (Å²) in [6.07, 6.45) is 9.20. The Labute approximate surface area is 214 Å². The van der Waals surface area contributed by atoms with E-state index in [0.29, 0.717) is 18.5 Å². The number of nitrogens with zero attached hydrogens (tertiary/aromatic N) is 1. The molecule has 0 aromatic heterocycles. The second-order valence-electron chi connectivity index (χ2n) is 11.2. The van der Waals surface area contributed by atoms with Gasteiger partial charge in [-0.25, -0.2) is 0 Å². The van der Waals surface area contributed by atoms with Gasteiger partial charge in [-0.3, -0.25) is 5.43 Å². The van der Waals surface area contributed by atoms with Crippen molar-refractivity contribution in [1.29, 1.82) is 0 Å². The smallest absolute Gasteiger partial charge is 0.231 e. The van der Waals surface area contributed by atoms with Gasteiger partial charge in [0.15, 0.2) is 11.5 Å². The molecule has 2 fully saturated rings. The van der Waals surface area contributed by atoms with Crippen molar-refractivity contribution in [2.24, 2.45) is 22.4 Å². The fraction of sp³-hybridized carbons (Fsp3) is 0.567. The molecule has 5 atom stereocenters. The monoisotopic (exact) mass is 487 g/mol. The first kappa shape index (κ1) is 23.6. The maximum Gasteiger partial charge on any atom is 0.231 e. The van der Waals surface area contributed by atoms with Gasteiger partial charge in [-0.1, -0.05) is 24.5 Å². The fourth-order valence-electron chi connectivity index (χ4n) is 7.83. The fourth-order valence-corrected chi connectivity index (χ4v) is 7.83. The summed E-state index contributed by atoms with van der Waals surface area (Å²) in [4.78, 5) is 0. The molecule has 6 heteroatoms. The van der Waals surface area contributed by atoms with Gasteiger partial charge in [0.05, 0.1) is 12.4 Å². The van der Waals surface area contributed by atoms with Crippen LogP contribution in [0.4, 0.5) is 0 Å². The summed E-state index contributed by atoms with van der Waals surface area (Å²) in [5.74, 6) is 9.12. The van der Waals surface area contributed by atoms with Crippen molar-refractivity contribution in [1.82, 2.24) is 10.7 Å². The lowest BCUT2D eigenvalue weighted by molar-refractivity contribution is -0.0513. The van der Waals surface area contributed by atoms with Gasteiger partial charge in [-0.05, 0) is 106 Å². The van der Waals surface area contributed by atoms with Crippen molar-refractivity contribution in [2.45, 2.75) is 70.3 Å². The number of hydrogen-bond donors (Lipinski definition) is 3. The Hall–Kier alpha value is -2.75. The number of fused-ring (bicyclic) bond motifs is 5. The van der Waals surface area contributed by atoms with Crippen LogP contribution in [0.25, 0.3) is 0 Å². The van der Waals surface area contributed by atoms with E-state index in [1.165, 1.54) is 11.1 Å². The van der Waals surface area contributed by atoms with E-state index in [1.54, 1.807) is 11.1 Å². The number of allylic oxidation sites excluding steroid dienone is 4. The predicted octanol–water partition coefficient (Wildman–Crippen LogP) is 4.62. The summed E-state index contributed by atoms with van der Waals surface area (Å²) < 4.78 is 11.4. The standard InChI is InChI=1S/C30H37N3O3/c1-4-12-30(34)13-11-25-23-8-5-19-14-21(33-32-17-31-3)7-9-22(19)28(23)24(16-29(25,30)2)20-6-10-26-27(15-20)36-18-35-26/h6,10,14-15,23-25,31-32,34H,5,7-9,11,13,16-18H2,1-3H3/b33-21+/t23-,24+,25-,29-,30-/m0/s1. The number of hydrogen-bond acceptors (Lipinski definition) is 6. The highest BCUT2D eigenvalue weighted by Crippen LogP contribution is 2.66. The van der Waals surface area contributed by atoms with Gasteiger partial charge in [0.1, 0.15) is 5.60 Å². The summed E-state index contributed by atoms with van der Waals surface area (Å²) in [7, 11) is 1.92. The van der Waals surface area contributed by atoms with Crippen LogP contribution in [-0.2, 0) is 0 Å². The molecular weight excluding hydrogens is 450 g/mol. The highest BCUT2D eigenvalue weighted by atomic mass is 16.7. The number of aliphatic hydroxyl groups is 1. The van der Waals surface area contributed by atoms with Crippen molar-refractivity contribution < 1.29 is 14.6 Å². The Balaban J connectivity index is 1.46. The summed E-state index contributed by atoms with van der Waals surface area (Å²) >= 11 is 0. The zero-order valence-electron chi connectivity index (χ0n) is 21.6. The first-order valence-corrected chi connectivity index (χ1v) is 13.4. The lowest BCUT2D eigenvalue weighted by Gasteiger charge is -2.53. The molecule has 1 aromatic carbocycles. The second-order valence-corrected chi connectivity index (χ2v) is 11.2. The second kappa shape index (κ2) is 8.97. The van der Waals surface area contributed by atoms with Crippen molar-refractivity contribution in [2.75, 3.05) is 20.5 Å². The molecule has 3 N–H and O–H groups in total. The van der Waals surface area contributed by atoms with Crippen LogP contribution in [0, 0.1) is 29.1 Å². The van der Waals surface area contributed by atoms with Gasteiger partial charge >= 0.3 is 0 Å². The van der Waals surface area contributed by atoms with E-state index in [2.05, 4.69) is 58.9 Å². The summed E-state index contributed by atoms with van der Waals surface area (Å²) in [5, 5.41) is 19.6. The summed E-state index contributed by atoms with van der Waals surface area (Å²) in [5.41, 5.74) is 8.94. The molecule has 2 saturated carbocycles. The lowest BCUT2D eigenvalue weighted by Crippen LogP contribution is -2.51. The Morgan fingerprint density at radius 3 is 2.86 bits per heavy atom. The largest absolute Gasteiger partial charge is 0.454 e. The molecule has 4 aliphatic carbocycles. The van der Waals surface area contributed by atoms with E-state index in [-0.39, 0.29) is 18.1 Å². The third kappa shape index (κ3) is 3.59. The van der Waals surface area contributed by atoms with Crippen LogP contribution in [0.15, 0.2) is 46.1 Å². The van der Waals surface area contributed by atoms with E-state index in [9.17, 15) is 5.11 Å². The van der Waals surface area contributed by atoms with Gasteiger partial charge in [0, 0.05) is 11.3 Å². The molecule has 0 saturated heterocycles. The third-order valence-electron chi connectivity index (χ3n) is 9.51. The van der Waals surface area contributed by atoms with Crippen molar-refractivity contribution in [3.63, 3.8) is 0 Å². The molecule has 190 valence electrons. The molecule has 5 aliphatic rings. The van der Waals surface area contributed by atoms with E-state index in [4.69, 9.17) is 9.47 Å². The molecule has 1 aliphatic heterocycles. The molecule has 0 spiro atoms. The van der Waals surface area contributed by atoms with E-state index in [0.717, 1.165) is 62.2 Å². The molecule has 6 rings (SSSR count). The molecule has 0 bridgehead atoms. The van der Waals surface area contributed by atoms with Crippen molar-refractivity contribution in [3.8, 4) is 23.3 Å². The van der Waals surface area contributed by atoms with Crippen LogP contribution >= 0.6 is 0 Å². The van der Waals surface area contributed by atoms with E-state index < -0.39 is 5.60 Å². The Bertz CT molecular complexity index is 1220. The molecule has 0 radical (unpaired) electrons. The SMILES string of the molecule is CC#C[C@]1(O)CC[C@H]2[C@@H]3CCC4=C/C(=N/NCNC)CCC4=C3[C@@H](c3ccc4c(c3)OCO4)C[C@@]21C. The number of rotatable bonds is 4. The third-order valence-corrected chi connectivity index (χ3v) is 9.51. The highest BCUT2D eigenvalue weighted by Gasteiger charge is 2.62. The molecule has 1 aromatic rings. The Morgan fingerprint density at radius 2 is 2.03 bits per heavy atom. The van der Waals surface area contributed by atoms with E-state index in [1.807, 2.05) is 14.0 Å². The van der Waals surface area contributed by atoms with Crippen molar-refractivity contribution >= 4 is 5.71 Å². The zero-order valence-corrected chi connectivity index (χ0v) is 21.6. The first-order valence-electron chi connectivity index (χ1n) is 13.4. The van der Waals surface area contributed by atoms with Gasteiger partial charge in [-0.2, -0.15) is 5.10 Å². The van der Waals surface area contributed by atoms with Crippen LogP contribution in [0.2, 0.25) is 0 Å². The highest BCUT2D eigenvalue weighted by molar-refractivity contribution is 5.97. The number of nitrogens with one attached hydrogen (secondary N) is 2. The van der Waals surface area contributed by atoms with Crippen LogP contribution in [0.1, 0.15) is 70.3 Å². The molecule has 36 heavy (non-hydrogen) atoms. The van der Waals surface area contributed by atoms with E-state index >= 15 is 0 Å². The average molecular weight is 488 g/mol. The molecular formula is C30H37N3O3. The van der Waals surface area contributed by atoms with Crippen LogP contribution in [0.5, 0.6) is 11.5 Å². The molecule has 6 nitrogen and oxygen atoms in total. The normalized spacial score (nSPS) is 35.4. The minimum absolute atomic E-state index is 0.230. The molecule has 0 amide bonds. The molecule has 1 heterocycles. The van der Waals surface area contributed by atoms with Crippen LogP contribution < -0.4 is 20.2 Å². The minimum atomic E-state index is -0.932. The van der Waals surface area contributed by atoms with Gasteiger partial charge in [-0.15, -0.1) is 5.92 Å². The van der Waals surface area contributed by atoms with Crippen molar-refractivity contribution in [3.05, 3.63) is 46.6 Å². The zero-order chi connectivity index (χ0) is 24.9.